The van der Waals surface area contributed by atoms with Gasteiger partial charge in [0.2, 0.25) is 0 Å². The molecule has 1 saturated heterocycles. The Hall–Kier alpha value is 0.110. The van der Waals surface area contributed by atoms with E-state index in [0.717, 1.165) is 6.42 Å². The fourth-order valence-electron chi connectivity index (χ4n) is 1.27. The molecule has 0 aromatic rings. The van der Waals surface area contributed by atoms with Crippen LogP contribution in [0.4, 0.5) is 0 Å². The number of hydrogen-bond donors (Lipinski definition) is 0. The number of epoxide rings is 1. The third-order valence-electron chi connectivity index (χ3n) is 2.19. The normalized spacial score (nSPS) is 30.2. The molecule has 2 nitrogen and oxygen atoms in total. The van der Waals surface area contributed by atoms with Gasteiger partial charge in [-0.2, -0.15) is 0 Å². The van der Waals surface area contributed by atoms with E-state index in [-0.39, 0.29) is 16.3 Å². The predicted octanol–water partition coefficient (Wildman–Crippen LogP) is 2.45. The molecule has 0 spiro atoms. The Morgan fingerprint density at radius 3 is 2.46 bits per heavy atom. The van der Waals surface area contributed by atoms with E-state index in [0.29, 0.717) is 0 Å². The molecule has 0 aromatic carbocycles. The van der Waals surface area contributed by atoms with Crippen LogP contribution in [0.5, 0.6) is 0 Å². The lowest BCUT2D eigenvalue weighted by Crippen LogP contribution is -2.26. The molecule has 13 heavy (non-hydrogen) atoms. The van der Waals surface area contributed by atoms with Crippen LogP contribution in [0, 0.1) is 0 Å². The maximum Gasteiger partial charge on any atom is 0.159 e. The van der Waals surface area contributed by atoms with Gasteiger partial charge in [-0.25, -0.2) is 0 Å². The standard InChI is InChI=1S/C10H20O2S/c1-5-6-7-8-9(12-8)13(11)10(2,3)4/h8-9H,5-7H2,1-4H3/t8-,9-,13-/m1/s1. The van der Waals surface area contributed by atoms with Gasteiger partial charge < -0.3 is 4.74 Å². The van der Waals surface area contributed by atoms with Crippen molar-refractivity contribution in [1.29, 1.82) is 0 Å². The van der Waals surface area contributed by atoms with Crippen LogP contribution in [0.25, 0.3) is 0 Å². The molecule has 78 valence electrons. The van der Waals surface area contributed by atoms with Crippen LogP contribution in [0.3, 0.4) is 0 Å². The summed E-state index contributed by atoms with van der Waals surface area (Å²) in [6, 6.07) is 0. The highest BCUT2D eigenvalue weighted by molar-refractivity contribution is 7.87. The van der Waals surface area contributed by atoms with Crippen LogP contribution >= 0.6 is 0 Å². The first-order valence-corrected chi connectivity index (χ1v) is 6.24. The van der Waals surface area contributed by atoms with Crippen LogP contribution in [-0.2, 0) is 15.5 Å². The fraction of sp³-hybridized carbons (Fsp3) is 1.00. The van der Waals surface area contributed by atoms with Gasteiger partial charge in [-0.1, -0.05) is 19.8 Å². The molecule has 1 aliphatic heterocycles. The van der Waals surface area contributed by atoms with Crippen LogP contribution < -0.4 is 0 Å². The van der Waals surface area contributed by atoms with Crippen molar-refractivity contribution in [2.75, 3.05) is 0 Å². The zero-order valence-corrected chi connectivity index (χ0v) is 9.82. The molecule has 0 unspecified atom stereocenters. The van der Waals surface area contributed by atoms with E-state index < -0.39 is 10.8 Å². The van der Waals surface area contributed by atoms with E-state index in [4.69, 9.17) is 4.74 Å². The molecule has 0 N–H and O–H groups in total. The van der Waals surface area contributed by atoms with Crippen LogP contribution in [0.15, 0.2) is 0 Å². The van der Waals surface area contributed by atoms with Gasteiger partial charge in [0.15, 0.2) is 5.44 Å². The largest absolute Gasteiger partial charge is 0.355 e. The Labute approximate surface area is 83.5 Å². The van der Waals surface area contributed by atoms with Gasteiger partial charge in [0.05, 0.1) is 16.9 Å². The first kappa shape index (κ1) is 11.2. The predicted molar refractivity (Wildman–Crippen MR) is 56.1 cm³/mol. The zero-order valence-electron chi connectivity index (χ0n) is 9.00. The molecule has 0 saturated carbocycles. The SMILES string of the molecule is CCCC[C@H]1O[C@@H]1[S@@](=O)C(C)(C)C. The van der Waals surface area contributed by atoms with Crippen LogP contribution in [-0.4, -0.2) is 20.5 Å². The number of unbranched alkanes of at least 4 members (excludes halogenated alkanes) is 1. The summed E-state index contributed by atoms with van der Waals surface area (Å²) >= 11 is 0. The van der Waals surface area contributed by atoms with Gasteiger partial charge >= 0.3 is 0 Å². The zero-order chi connectivity index (χ0) is 10.1. The van der Waals surface area contributed by atoms with Crippen molar-refractivity contribution in [1.82, 2.24) is 0 Å². The quantitative estimate of drug-likeness (QED) is 0.658. The summed E-state index contributed by atoms with van der Waals surface area (Å²) in [5.74, 6) is 0. The van der Waals surface area contributed by atoms with Crippen molar-refractivity contribution in [3.05, 3.63) is 0 Å². The summed E-state index contributed by atoms with van der Waals surface area (Å²) in [5, 5.41) is 0. The topological polar surface area (TPSA) is 29.6 Å². The molecule has 0 bridgehead atoms. The van der Waals surface area contributed by atoms with Gasteiger partial charge in [-0.15, -0.1) is 0 Å². The summed E-state index contributed by atoms with van der Waals surface area (Å²) in [6.45, 7) is 8.17. The summed E-state index contributed by atoms with van der Waals surface area (Å²) < 4.78 is 17.1. The molecule has 3 atom stereocenters. The minimum Gasteiger partial charge on any atom is -0.355 e. The summed E-state index contributed by atoms with van der Waals surface area (Å²) in [5.41, 5.74) is 0.0200. The molecule has 1 heterocycles. The van der Waals surface area contributed by atoms with Crippen molar-refractivity contribution >= 4 is 10.8 Å². The third-order valence-corrected chi connectivity index (χ3v) is 4.24. The maximum absolute atomic E-state index is 11.8. The van der Waals surface area contributed by atoms with Crippen molar-refractivity contribution in [2.24, 2.45) is 0 Å². The Morgan fingerprint density at radius 2 is 2.00 bits per heavy atom. The van der Waals surface area contributed by atoms with Crippen molar-refractivity contribution in [3.63, 3.8) is 0 Å². The van der Waals surface area contributed by atoms with Gasteiger partial charge in [-0.3, -0.25) is 4.21 Å². The Morgan fingerprint density at radius 1 is 1.38 bits per heavy atom. The number of ether oxygens (including phenoxy) is 1. The summed E-state index contributed by atoms with van der Waals surface area (Å²) in [4.78, 5) is 0. The summed E-state index contributed by atoms with van der Waals surface area (Å²) in [6.07, 6.45) is 3.72. The van der Waals surface area contributed by atoms with Gasteiger partial charge in [0.25, 0.3) is 0 Å². The molecule has 0 aromatic heterocycles. The lowest BCUT2D eigenvalue weighted by atomic mass is 10.2. The van der Waals surface area contributed by atoms with Gasteiger partial charge in [0.1, 0.15) is 0 Å². The average molecular weight is 204 g/mol. The highest BCUT2D eigenvalue weighted by Gasteiger charge is 2.46. The van der Waals surface area contributed by atoms with Gasteiger partial charge in [0, 0.05) is 4.75 Å². The van der Waals surface area contributed by atoms with E-state index in [1.807, 2.05) is 20.8 Å². The number of rotatable bonds is 4. The lowest BCUT2D eigenvalue weighted by molar-refractivity contribution is 0.381. The van der Waals surface area contributed by atoms with Crippen molar-refractivity contribution < 1.29 is 8.95 Å². The molecule has 3 heteroatoms. The van der Waals surface area contributed by atoms with E-state index in [2.05, 4.69) is 6.92 Å². The molecule has 1 fully saturated rings. The molecular weight excluding hydrogens is 184 g/mol. The second kappa shape index (κ2) is 4.09. The smallest absolute Gasteiger partial charge is 0.159 e. The average Bonchev–Trinajstić information content (AvgIpc) is 2.76. The molecular formula is C10H20O2S. The monoisotopic (exact) mass is 204 g/mol. The molecule has 0 amide bonds. The highest BCUT2D eigenvalue weighted by Crippen LogP contribution is 2.34. The molecule has 0 aliphatic carbocycles. The number of hydrogen-bond acceptors (Lipinski definition) is 2. The molecule has 0 radical (unpaired) electrons. The van der Waals surface area contributed by atoms with E-state index in [1.54, 1.807) is 0 Å². The second-order valence-corrected chi connectivity index (χ2v) is 6.88. The van der Waals surface area contributed by atoms with Crippen LogP contribution in [0.2, 0.25) is 0 Å². The Kier molecular flexibility index (Phi) is 3.52. The first-order chi connectivity index (χ1) is 5.96. The minimum absolute atomic E-state index is 0.0200. The summed E-state index contributed by atoms with van der Waals surface area (Å²) in [7, 11) is -0.834. The van der Waals surface area contributed by atoms with E-state index >= 15 is 0 Å². The van der Waals surface area contributed by atoms with E-state index in [1.165, 1.54) is 12.8 Å². The van der Waals surface area contributed by atoms with Crippen LogP contribution in [0.1, 0.15) is 47.0 Å². The van der Waals surface area contributed by atoms with E-state index in [9.17, 15) is 4.21 Å². The molecule has 1 rings (SSSR count). The Balaban J connectivity index is 2.30. The maximum atomic E-state index is 11.8. The third kappa shape index (κ3) is 3.06. The first-order valence-electron chi connectivity index (χ1n) is 5.03. The van der Waals surface area contributed by atoms with Gasteiger partial charge in [-0.05, 0) is 27.2 Å². The molecule has 1 aliphatic rings. The fourth-order valence-corrected chi connectivity index (χ4v) is 2.63. The van der Waals surface area contributed by atoms with Crippen molar-refractivity contribution in [2.45, 2.75) is 63.2 Å². The second-order valence-electron chi connectivity index (χ2n) is 4.59. The Bertz CT molecular complexity index is 196. The van der Waals surface area contributed by atoms with Crippen molar-refractivity contribution in [3.8, 4) is 0 Å². The lowest BCUT2D eigenvalue weighted by Gasteiger charge is -2.15. The highest BCUT2D eigenvalue weighted by atomic mass is 32.2. The minimum atomic E-state index is -0.834.